The lowest BCUT2D eigenvalue weighted by Gasteiger charge is -2.42. The normalized spacial score (nSPS) is 26.3. The number of carbonyl (C=O) groups is 3. The molecule has 2 fully saturated rings. The van der Waals surface area contributed by atoms with Gasteiger partial charge in [-0.3, -0.25) is 14.4 Å². The van der Waals surface area contributed by atoms with Gasteiger partial charge in [0.1, 0.15) is 18.5 Å². The minimum absolute atomic E-state index is 0.00471. The lowest BCUT2D eigenvalue weighted by molar-refractivity contribution is -0.151. The molecule has 1 aromatic carbocycles. The molecule has 4 rings (SSSR count). The average molecular weight is 402 g/mol. The lowest BCUT2D eigenvalue weighted by Crippen LogP contribution is -2.53. The van der Waals surface area contributed by atoms with Gasteiger partial charge in [0.2, 0.25) is 5.91 Å². The maximum absolute atomic E-state index is 13.1. The Morgan fingerprint density at radius 2 is 2.03 bits per heavy atom. The molecule has 3 atom stereocenters. The molecule has 0 aromatic heterocycles. The number of hydrogen-bond donors (Lipinski definition) is 1. The summed E-state index contributed by atoms with van der Waals surface area (Å²) in [5, 5.41) is 2.88. The topological polar surface area (TPSA) is 94.2 Å². The number of benzene rings is 1. The maximum Gasteiger partial charge on any atom is 0.308 e. The van der Waals surface area contributed by atoms with E-state index in [1.165, 1.54) is 7.11 Å². The number of methoxy groups -OCH3 is 1. The Hall–Kier alpha value is -2.61. The SMILES string of the molecule is COC(=O)C[C@@H]1CC[C@@H]2[C@@H](COc3ccc(NC(=O)C4CC4)cc3C(=O)N2C)O1. The van der Waals surface area contributed by atoms with Crippen molar-refractivity contribution in [1.29, 1.82) is 0 Å². The van der Waals surface area contributed by atoms with E-state index in [9.17, 15) is 14.4 Å². The van der Waals surface area contributed by atoms with Gasteiger partial charge in [0.25, 0.3) is 5.91 Å². The first kappa shape index (κ1) is 19.7. The average Bonchev–Trinajstić information content (AvgIpc) is 3.56. The summed E-state index contributed by atoms with van der Waals surface area (Å²) in [6.45, 7) is 0.279. The number of nitrogens with one attached hydrogen (secondary N) is 1. The van der Waals surface area contributed by atoms with Crippen molar-refractivity contribution in [3.63, 3.8) is 0 Å². The third kappa shape index (κ3) is 4.22. The second-order valence-corrected chi connectivity index (χ2v) is 7.92. The van der Waals surface area contributed by atoms with Crippen LogP contribution in [0.5, 0.6) is 5.75 Å². The summed E-state index contributed by atoms with van der Waals surface area (Å²) in [6.07, 6.45) is 2.84. The summed E-state index contributed by atoms with van der Waals surface area (Å²) in [6, 6.07) is 4.99. The standard InChI is InChI=1S/C21H26N2O6/c1-23-16-7-6-14(10-19(24)27-2)29-18(16)11-28-17-8-5-13(9-15(17)21(23)26)22-20(25)12-3-4-12/h5,8-9,12,14,16,18H,3-4,6-7,10-11H2,1-2H3,(H,22,25)/t14-,16+,18+/m0/s1. The molecule has 1 N–H and O–H groups in total. The first-order valence-electron chi connectivity index (χ1n) is 10.0. The van der Waals surface area contributed by atoms with E-state index in [4.69, 9.17) is 14.2 Å². The number of nitrogens with zero attached hydrogens (tertiary/aromatic N) is 1. The van der Waals surface area contributed by atoms with E-state index < -0.39 is 0 Å². The molecule has 2 aliphatic heterocycles. The fourth-order valence-corrected chi connectivity index (χ4v) is 3.96. The van der Waals surface area contributed by atoms with Crippen LogP contribution in [0.1, 0.15) is 42.5 Å². The molecule has 2 heterocycles. The monoisotopic (exact) mass is 402 g/mol. The Labute approximate surface area is 169 Å². The Morgan fingerprint density at radius 1 is 1.24 bits per heavy atom. The number of esters is 1. The number of hydrogen-bond acceptors (Lipinski definition) is 6. The number of anilines is 1. The van der Waals surface area contributed by atoms with E-state index in [1.54, 1.807) is 30.1 Å². The van der Waals surface area contributed by atoms with Crippen LogP contribution in [0.2, 0.25) is 0 Å². The zero-order valence-electron chi connectivity index (χ0n) is 16.7. The van der Waals surface area contributed by atoms with Crippen LogP contribution in [0.4, 0.5) is 5.69 Å². The Kier molecular flexibility index (Phi) is 5.45. The number of likely N-dealkylation sites (N-methyl/N-ethyl adjacent to an activating group) is 1. The summed E-state index contributed by atoms with van der Waals surface area (Å²) in [5.41, 5.74) is 1.03. The van der Waals surface area contributed by atoms with Crippen LogP contribution in [0.25, 0.3) is 0 Å². The van der Waals surface area contributed by atoms with Crippen molar-refractivity contribution in [2.75, 3.05) is 26.1 Å². The van der Waals surface area contributed by atoms with Crippen molar-refractivity contribution in [2.45, 2.75) is 50.4 Å². The Bertz CT molecular complexity index is 821. The summed E-state index contributed by atoms with van der Waals surface area (Å²) in [5.74, 6) is 0.0611. The van der Waals surface area contributed by atoms with Crippen molar-refractivity contribution >= 4 is 23.5 Å². The number of fused-ring (bicyclic) bond motifs is 2. The highest BCUT2D eigenvalue weighted by Gasteiger charge is 2.39. The van der Waals surface area contributed by atoms with Crippen molar-refractivity contribution < 1.29 is 28.6 Å². The molecule has 1 aromatic rings. The van der Waals surface area contributed by atoms with Gasteiger partial charge < -0.3 is 24.4 Å². The highest BCUT2D eigenvalue weighted by Crippen LogP contribution is 2.34. The van der Waals surface area contributed by atoms with Crippen molar-refractivity contribution in [3.8, 4) is 5.75 Å². The van der Waals surface area contributed by atoms with E-state index in [2.05, 4.69) is 5.32 Å². The van der Waals surface area contributed by atoms with Crippen LogP contribution >= 0.6 is 0 Å². The second kappa shape index (κ2) is 8.02. The minimum atomic E-state index is -0.324. The van der Waals surface area contributed by atoms with Gasteiger partial charge in [0, 0.05) is 18.7 Å². The number of ether oxygens (including phenoxy) is 3. The molecular formula is C21H26N2O6. The molecule has 1 saturated heterocycles. The molecule has 156 valence electrons. The van der Waals surface area contributed by atoms with Crippen LogP contribution < -0.4 is 10.1 Å². The molecule has 29 heavy (non-hydrogen) atoms. The summed E-state index contributed by atoms with van der Waals surface area (Å²) < 4.78 is 16.7. The molecule has 0 unspecified atom stereocenters. The molecule has 1 saturated carbocycles. The van der Waals surface area contributed by atoms with Crippen LogP contribution in [0, 0.1) is 5.92 Å². The van der Waals surface area contributed by atoms with Crippen LogP contribution in [-0.4, -0.2) is 61.7 Å². The Morgan fingerprint density at radius 3 is 2.76 bits per heavy atom. The first-order chi connectivity index (χ1) is 14.0. The largest absolute Gasteiger partial charge is 0.490 e. The second-order valence-electron chi connectivity index (χ2n) is 7.92. The van der Waals surface area contributed by atoms with Gasteiger partial charge in [0.15, 0.2) is 0 Å². The molecule has 0 spiro atoms. The predicted octanol–water partition coefficient (Wildman–Crippen LogP) is 1.98. The van der Waals surface area contributed by atoms with E-state index in [0.717, 1.165) is 12.8 Å². The number of rotatable bonds is 4. The predicted molar refractivity (Wildman–Crippen MR) is 104 cm³/mol. The molecule has 0 bridgehead atoms. The van der Waals surface area contributed by atoms with Crippen molar-refractivity contribution in [2.24, 2.45) is 5.92 Å². The zero-order valence-corrected chi connectivity index (χ0v) is 16.7. The zero-order chi connectivity index (χ0) is 20.5. The van der Waals surface area contributed by atoms with E-state index in [0.29, 0.717) is 29.8 Å². The van der Waals surface area contributed by atoms with Crippen LogP contribution in [0.15, 0.2) is 18.2 Å². The maximum atomic E-state index is 13.1. The third-order valence-electron chi connectivity index (χ3n) is 5.85. The third-order valence-corrected chi connectivity index (χ3v) is 5.85. The molecular weight excluding hydrogens is 376 g/mol. The highest BCUT2D eigenvalue weighted by molar-refractivity contribution is 6.00. The summed E-state index contributed by atoms with van der Waals surface area (Å²) in [4.78, 5) is 38.4. The van der Waals surface area contributed by atoms with E-state index >= 15 is 0 Å². The number of amides is 2. The van der Waals surface area contributed by atoms with Crippen molar-refractivity contribution in [3.05, 3.63) is 23.8 Å². The summed E-state index contributed by atoms with van der Waals surface area (Å²) >= 11 is 0. The fourth-order valence-electron chi connectivity index (χ4n) is 3.96. The van der Waals surface area contributed by atoms with Gasteiger partial charge in [-0.1, -0.05) is 0 Å². The van der Waals surface area contributed by atoms with Gasteiger partial charge in [-0.05, 0) is 43.9 Å². The molecule has 8 heteroatoms. The fraction of sp³-hybridized carbons (Fsp3) is 0.571. The van der Waals surface area contributed by atoms with Crippen molar-refractivity contribution in [1.82, 2.24) is 4.90 Å². The van der Waals surface area contributed by atoms with Crippen LogP contribution in [0.3, 0.4) is 0 Å². The lowest BCUT2D eigenvalue weighted by atomic mass is 9.94. The Balaban J connectivity index is 1.51. The molecule has 8 nitrogen and oxygen atoms in total. The first-order valence-corrected chi connectivity index (χ1v) is 10.0. The van der Waals surface area contributed by atoms with Gasteiger partial charge >= 0.3 is 5.97 Å². The molecule has 2 amide bonds. The highest BCUT2D eigenvalue weighted by atomic mass is 16.5. The number of carbonyl (C=O) groups excluding carboxylic acids is 3. The van der Waals surface area contributed by atoms with Crippen LogP contribution in [-0.2, 0) is 19.1 Å². The summed E-state index contributed by atoms with van der Waals surface area (Å²) in [7, 11) is 3.12. The van der Waals surface area contributed by atoms with E-state index in [-0.39, 0.29) is 55.0 Å². The van der Waals surface area contributed by atoms with Gasteiger partial charge in [-0.25, -0.2) is 0 Å². The minimum Gasteiger partial charge on any atom is -0.490 e. The molecule has 0 radical (unpaired) electrons. The van der Waals surface area contributed by atoms with Gasteiger partial charge in [-0.2, -0.15) is 0 Å². The van der Waals surface area contributed by atoms with E-state index in [1.807, 2.05) is 0 Å². The molecule has 1 aliphatic carbocycles. The smallest absolute Gasteiger partial charge is 0.308 e. The quantitative estimate of drug-likeness (QED) is 0.774. The van der Waals surface area contributed by atoms with Gasteiger partial charge in [0.05, 0.1) is 31.2 Å². The molecule has 3 aliphatic rings. The van der Waals surface area contributed by atoms with Gasteiger partial charge in [-0.15, -0.1) is 0 Å².